The summed E-state index contributed by atoms with van der Waals surface area (Å²) in [5.41, 5.74) is 0.679. The number of rotatable bonds is 5. The number of hydrogen-bond acceptors (Lipinski definition) is 2. The summed E-state index contributed by atoms with van der Waals surface area (Å²) in [4.78, 5) is 12.6. The molecule has 1 saturated carbocycles. The van der Waals surface area contributed by atoms with Crippen molar-refractivity contribution in [1.82, 2.24) is 10.6 Å². The van der Waals surface area contributed by atoms with Gasteiger partial charge in [0.2, 0.25) is 5.91 Å². The summed E-state index contributed by atoms with van der Waals surface area (Å²) in [5.74, 6) is 0.141. The van der Waals surface area contributed by atoms with Crippen molar-refractivity contribution in [1.29, 1.82) is 0 Å². The van der Waals surface area contributed by atoms with Crippen LogP contribution in [0.1, 0.15) is 31.2 Å². The molecule has 0 atom stereocenters. The molecule has 4 heteroatoms. The molecule has 1 aromatic carbocycles. The van der Waals surface area contributed by atoms with Crippen molar-refractivity contribution >= 4 is 17.5 Å². The monoisotopic (exact) mass is 280 g/mol. The van der Waals surface area contributed by atoms with Crippen molar-refractivity contribution in [3.8, 4) is 0 Å². The van der Waals surface area contributed by atoms with Crippen LogP contribution in [0.15, 0.2) is 24.3 Å². The average Bonchev–Trinajstić information content (AvgIpc) is 2.89. The lowest BCUT2D eigenvalue weighted by Crippen LogP contribution is -2.44. The maximum absolute atomic E-state index is 12.6. The van der Waals surface area contributed by atoms with Crippen LogP contribution in [0, 0.1) is 0 Å². The highest BCUT2D eigenvalue weighted by molar-refractivity contribution is 6.30. The molecule has 104 valence electrons. The first-order valence-corrected chi connectivity index (χ1v) is 7.26. The molecule has 1 aliphatic carbocycles. The maximum Gasteiger partial charge on any atom is 0.230 e. The highest BCUT2D eigenvalue weighted by Gasteiger charge is 2.42. The number of carbonyl (C=O) groups excluding carboxylic acids is 1. The minimum Gasteiger partial charge on any atom is -0.354 e. The second-order valence-electron chi connectivity index (χ2n) is 5.16. The fourth-order valence-electron chi connectivity index (χ4n) is 2.88. The molecule has 0 radical (unpaired) electrons. The molecule has 1 aromatic rings. The number of nitrogens with one attached hydrogen (secondary N) is 2. The molecule has 0 heterocycles. The van der Waals surface area contributed by atoms with E-state index in [0.29, 0.717) is 11.6 Å². The first-order valence-electron chi connectivity index (χ1n) is 6.88. The topological polar surface area (TPSA) is 41.1 Å². The Hall–Kier alpha value is -1.06. The zero-order chi connectivity index (χ0) is 13.7. The van der Waals surface area contributed by atoms with Gasteiger partial charge in [0, 0.05) is 18.1 Å². The highest BCUT2D eigenvalue weighted by atomic mass is 35.5. The molecule has 2 N–H and O–H groups in total. The molecule has 19 heavy (non-hydrogen) atoms. The minimum absolute atomic E-state index is 0.141. The van der Waals surface area contributed by atoms with Crippen LogP contribution in [0.5, 0.6) is 0 Å². The van der Waals surface area contributed by atoms with E-state index in [0.717, 1.165) is 37.8 Å². The van der Waals surface area contributed by atoms with Crippen LogP contribution >= 0.6 is 11.6 Å². The lowest BCUT2D eigenvalue weighted by molar-refractivity contribution is -0.126. The molecule has 1 amide bonds. The van der Waals surface area contributed by atoms with E-state index in [-0.39, 0.29) is 11.3 Å². The van der Waals surface area contributed by atoms with Gasteiger partial charge in [-0.25, -0.2) is 0 Å². The number of benzene rings is 1. The molecule has 0 saturated heterocycles. The predicted octanol–water partition coefficient (Wildman–Crippen LogP) is 2.49. The van der Waals surface area contributed by atoms with Crippen LogP contribution in [-0.4, -0.2) is 26.0 Å². The Balaban J connectivity index is 2.20. The first kappa shape index (κ1) is 14.4. The van der Waals surface area contributed by atoms with Gasteiger partial charge < -0.3 is 10.6 Å². The van der Waals surface area contributed by atoms with Gasteiger partial charge in [-0.1, -0.05) is 36.6 Å². The Morgan fingerprint density at radius 1 is 1.32 bits per heavy atom. The normalized spacial score (nSPS) is 17.4. The van der Waals surface area contributed by atoms with E-state index in [2.05, 4.69) is 10.6 Å². The van der Waals surface area contributed by atoms with E-state index in [9.17, 15) is 4.79 Å². The van der Waals surface area contributed by atoms with Crippen molar-refractivity contribution in [2.75, 3.05) is 20.1 Å². The first-order chi connectivity index (χ1) is 9.19. The largest absolute Gasteiger partial charge is 0.354 e. The molecule has 3 nitrogen and oxygen atoms in total. The van der Waals surface area contributed by atoms with Crippen molar-refractivity contribution in [2.45, 2.75) is 31.1 Å². The Labute approximate surface area is 119 Å². The van der Waals surface area contributed by atoms with Crippen molar-refractivity contribution in [3.05, 3.63) is 34.9 Å². The maximum atomic E-state index is 12.6. The zero-order valence-corrected chi connectivity index (χ0v) is 12.1. The highest BCUT2D eigenvalue weighted by Crippen LogP contribution is 2.41. The molecule has 0 unspecified atom stereocenters. The average molecular weight is 281 g/mol. The fourth-order valence-corrected chi connectivity index (χ4v) is 3.07. The number of amides is 1. The Bertz CT molecular complexity index is 442. The lowest BCUT2D eigenvalue weighted by Gasteiger charge is -2.28. The van der Waals surface area contributed by atoms with Gasteiger partial charge in [0.1, 0.15) is 0 Å². The Kier molecular flexibility index (Phi) is 4.83. The summed E-state index contributed by atoms with van der Waals surface area (Å²) in [6, 6.07) is 7.74. The molecule has 0 spiro atoms. The summed E-state index contributed by atoms with van der Waals surface area (Å²) in [6.45, 7) is 1.45. The van der Waals surface area contributed by atoms with E-state index in [1.165, 1.54) is 0 Å². The van der Waals surface area contributed by atoms with Gasteiger partial charge >= 0.3 is 0 Å². The van der Waals surface area contributed by atoms with Crippen LogP contribution in [-0.2, 0) is 10.2 Å². The van der Waals surface area contributed by atoms with E-state index in [1.54, 1.807) is 0 Å². The summed E-state index contributed by atoms with van der Waals surface area (Å²) >= 11 is 6.08. The van der Waals surface area contributed by atoms with Crippen LogP contribution in [0.4, 0.5) is 0 Å². The molecule has 1 aliphatic rings. The number of carbonyl (C=O) groups is 1. The third kappa shape index (κ3) is 3.10. The molecule has 0 bridgehead atoms. The van der Waals surface area contributed by atoms with Gasteiger partial charge in [-0.2, -0.15) is 0 Å². The minimum atomic E-state index is -0.376. The van der Waals surface area contributed by atoms with Gasteiger partial charge in [-0.05, 0) is 37.6 Å². The van der Waals surface area contributed by atoms with Gasteiger partial charge in [0.25, 0.3) is 0 Å². The second kappa shape index (κ2) is 6.40. The second-order valence-corrected chi connectivity index (χ2v) is 5.60. The van der Waals surface area contributed by atoms with Gasteiger partial charge in [0.15, 0.2) is 0 Å². The lowest BCUT2D eigenvalue weighted by atomic mass is 9.78. The number of hydrogen-bond donors (Lipinski definition) is 2. The van der Waals surface area contributed by atoms with Crippen LogP contribution in [0.3, 0.4) is 0 Å². The van der Waals surface area contributed by atoms with Crippen molar-refractivity contribution < 1.29 is 4.79 Å². The standard InChI is InChI=1S/C15H21ClN2O/c1-17-9-10-18-14(19)15(7-2-3-8-15)12-5-4-6-13(16)11-12/h4-6,11,17H,2-3,7-10H2,1H3,(H,18,19). The fraction of sp³-hybridized carbons (Fsp3) is 0.533. The molecular weight excluding hydrogens is 260 g/mol. The van der Waals surface area contributed by atoms with Crippen LogP contribution < -0.4 is 10.6 Å². The van der Waals surface area contributed by atoms with Gasteiger partial charge in [-0.15, -0.1) is 0 Å². The van der Waals surface area contributed by atoms with E-state index >= 15 is 0 Å². The van der Waals surface area contributed by atoms with Crippen molar-refractivity contribution in [3.63, 3.8) is 0 Å². The third-order valence-electron chi connectivity index (χ3n) is 3.93. The molecule has 0 aliphatic heterocycles. The summed E-state index contributed by atoms with van der Waals surface area (Å²) in [6.07, 6.45) is 4.04. The van der Waals surface area contributed by atoms with E-state index in [4.69, 9.17) is 11.6 Å². The number of likely N-dealkylation sites (N-methyl/N-ethyl adjacent to an activating group) is 1. The summed E-state index contributed by atoms with van der Waals surface area (Å²) < 4.78 is 0. The Morgan fingerprint density at radius 2 is 2.05 bits per heavy atom. The summed E-state index contributed by atoms with van der Waals surface area (Å²) in [7, 11) is 1.88. The summed E-state index contributed by atoms with van der Waals surface area (Å²) in [5, 5.41) is 6.78. The third-order valence-corrected chi connectivity index (χ3v) is 4.16. The molecule has 1 fully saturated rings. The number of halogens is 1. The SMILES string of the molecule is CNCCNC(=O)C1(c2cccc(Cl)c2)CCCC1. The smallest absolute Gasteiger partial charge is 0.230 e. The van der Waals surface area contributed by atoms with Gasteiger partial charge in [-0.3, -0.25) is 4.79 Å². The van der Waals surface area contributed by atoms with Crippen LogP contribution in [0.2, 0.25) is 5.02 Å². The van der Waals surface area contributed by atoms with E-state index < -0.39 is 0 Å². The van der Waals surface area contributed by atoms with Gasteiger partial charge in [0.05, 0.1) is 5.41 Å². The molecule has 0 aromatic heterocycles. The van der Waals surface area contributed by atoms with E-state index in [1.807, 2.05) is 31.3 Å². The molecule has 2 rings (SSSR count). The molecular formula is C15H21ClN2O. The van der Waals surface area contributed by atoms with Crippen LogP contribution in [0.25, 0.3) is 0 Å². The predicted molar refractivity (Wildman–Crippen MR) is 78.5 cm³/mol. The van der Waals surface area contributed by atoms with Crippen molar-refractivity contribution in [2.24, 2.45) is 0 Å². The quantitative estimate of drug-likeness (QED) is 0.814. The zero-order valence-electron chi connectivity index (χ0n) is 11.3. The Morgan fingerprint density at radius 3 is 2.68 bits per heavy atom.